The molecule has 0 fully saturated rings. The summed E-state index contributed by atoms with van der Waals surface area (Å²) in [6.07, 6.45) is 7.65. The maximum atomic E-state index is 11.1. The largest absolute Gasteiger partial charge is 0.383 e. The Hall–Kier alpha value is -0.970. The van der Waals surface area contributed by atoms with E-state index >= 15 is 0 Å². The highest BCUT2D eigenvalue weighted by Crippen LogP contribution is 2.15. The molecule has 0 unspecified atom stereocenters. The summed E-state index contributed by atoms with van der Waals surface area (Å²) in [7, 11) is 0. The monoisotopic (exact) mass is 255 g/mol. The number of nitrogens with one attached hydrogen (secondary N) is 1. The second-order valence-electron chi connectivity index (χ2n) is 4.09. The zero-order chi connectivity index (χ0) is 12.5. The van der Waals surface area contributed by atoms with Crippen LogP contribution in [-0.2, 0) is 0 Å². The minimum absolute atomic E-state index is 0.178. The first kappa shape index (κ1) is 14.1. The quantitative estimate of drug-likeness (QED) is 0.425. The van der Waals surface area contributed by atoms with Gasteiger partial charge in [-0.05, 0) is 6.42 Å². The predicted octanol–water partition coefficient (Wildman–Crippen LogP) is 2.80. The highest BCUT2D eigenvalue weighted by molar-refractivity contribution is 7.99. The second kappa shape index (κ2) is 8.17. The Morgan fingerprint density at radius 1 is 1.29 bits per heavy atom. The normalized spacial score (nSPS) is 10.6. The Bertz CT molecular complexity index is 378. The molecule has 0 saturated heterocycles. The van der Waals surface area contributed by atoms with E-state index in [1.165, 1.54) is 38.2 Å². The number of aromatic nitrogens is 2. The lowest BCUT2D eigenvalue weighted by atomic mass is 10.1. The molecule has 0 aliphatic heterocycles. The Morgan fingerprint density at radius 3 is 2.71 bits per heavy atom. The molecule has 0 aliphatic rings. The van der Waals surface area contributed by atoms with Gasteiger partial charge in [-0.1, -0.05) is 50.8 Å². The molecule has 1 aromatic rings. The average molecular weight is 255 g/mol. The van der Waals surface area contributed by atoms with E-state index in [4.69, 9.17) is 5.73 Å². The number of hydrogen-bond acceptors (Lipinski definition) is 4. The van der Waals surface area contributed by atoms with Gasteiger partial charge in [0.05, 0.1) is 0 Å². The molecule has 5 heteroatoms. The van der Waals surface area contributed by atoms with Crippen LogP contribution in [0.3, 0.4) is 0 Å². The molecular weight excluding hydrogens is 234 g/mol. The molecule has 17 heavy (non-hydrogen) atoms. The fraction of sp³-hybridized carbons (Fsp3) is 0.667. The van der Waals surface area contributed by atoms with Gasteiger partial charge in [-0.3, -0.25) is 4.79 Å². The SMILES string of the molecule is CCCCCCCCSc1nc(N)cc(=O)[nH]1. The number of unbranched alkanes of at least 4 members (excludes halogenated alkanes) is 5. The Kier molecular flexibility index (Phi) is 6.77. The zero-order valence-electron chi connectivity index (χ0n) is 10.4. The molecule has 0 amide bonds. The summed E-state index contributed by atoms with van der Waals surface area (Å²) in [4.78, 5) is 17.9. The van der Waals surface area contributed by atoms with E-state index in [2.05, 4.69) is 16.9 Å². The maximum absolute atomic E-state index is 11.1. The lowest BCUT2D eigenvalue weighted by Gasteiger charge is -2.02. The van der Waals surface area contributed by atoms with Gasteiger partial charge in [0, 0.05) is 11.8 Å². The third-order valence-corrected chi connectivity index (χ3v) is 3.44. The van der Waals surface area contributed by atoms with Gasteiger partial charge in [0.25, 0.3) is 5.56 Å². The van der Waals surface area contributed by atoms with Crippen molar-refractivity contribution >= 4 is 17.6 Å². The van der Waals surface area contributed by atoms with Crippen molar-refractivity contribution in [2.75, 3.05) is 11.5 Å². The summed E-state index contributed by atoms with van der Waals surface area (Å²) >= 11 is 1.57. The van der Waals surface area contributed by atoms with Crippen LogP contribution >= 0.6 is 11.8 Å². The smallest absolute Gasteiger partial charge is 0.253 e. The van der Waals surface area contributed by atoms with Crippen LogP contribution in [0.5, 0.6) is 0 Å². The van der Waals surface area contributed by atoms with Crippen molar-refractivity contribution in [2.24, 2.45) is 0 Å². The molecule has 0 saturated carbocycles. The molecule has 3 N–H and O–H groups in total. The topological polar surface area (TPSA) is 71.8 Å². The van der Waals surface area contributed by atoms with Gasteiger partial charge in [-0.2, -0.15) is 0 Å². The number of H-pyrrole nitrogens is 1. The number of nitrogens with zero attached hydrogens (tertiary/aromatic N) is 1. The minimum Gasteiger partial charge on any atom is -0.383 e. The van der Waals surface area contributed by atoms with Crippen molar-refractivity contribution < 1.29 is 0 Å². The van der Waals surface area contributed by atoms with Gasteiger partial charge in [0.15, 0.2) is 5.16 Å². The number of aromatic amines is 1. The third-order valence-electron chi connectivity index (χ3n) is 2.48. The molecule has 4 nitrogen and oxygen atoms in total. The van der Waals surface area contributed by atoms with E-state index in [-0.39, 0.29) is 5.56 Å². The van der Waals surface area contributed by atoms with Crippen molar-refractivity contribution in [2.45, 2.75) is 50.6 Å². The first-order valence-corrected chi connectivity index (χ1v) is 7.20. The van der Waals surface area contributed by atoms with E-state index in [0.29, 0.717) is 11.0 Å². The lowest BCUT2D eigenvalue weighted by molar-refractivity contribution is 0.627. The van der Waals surface area contributed by atoms with Crippen LogP contribution in [-0.4, -0.2) is 15.7 Å². The third kappa shape index (κ3) is 6.36. The molecule has 0 aromatic carbocycles. The molecule has 0 bridgehead atoms. The summed E-state index contributed by atoms with van der Waals surface area (Å²) in [5.41, 5.74) is 5.32. The van der Waals surface area contributed by atoms with Gasteiger partial charge in [0.1, 0.15) is 5.82 Å². The summed E-state index contributed by atoms with van der Waals surface area (Å²) in [5, 5.41) is 0.628. The van der Waals surface area contributed by atoms with Crippen LogP contribution in [0.4, 0.5) is 5.82 Å². The molecule has 0 aliphatic carbocycles. The number of nitrogen functional groups attached to an aromatic ring is 1. The molecule has 1 heterocycles. The standard InChI is InChI=1S/C12H21N3OS/c1-2-3-4-5-6-7-8-17-12-14-10(13)9-11(16)15-12/h9H,2-8H2,1H3,(H3,13,14,15,16). The fourth-order valence-electron chi connectivity index (χ4n) is 1.57. The molecule has 1 aromatic heterocycles. The van der Waals surface area contributed by atoms with Crippen LogP contribution in [0.15, 0.2) is 16.0 Å². The Balaban J connectivity index is 2.16. The van der Waals surface area contributed by atoms with Gasteiger partial charge < -0.3 is 10.7 Å². The number of rotatable bonds is 8. The van der Waals surface area contributed by atoms with Crippen molar-refractivity contribution in [1.29, 1.82) is 0 Å². The van der Waals surface area contributed by atoms with Gasteiger partial charge in [0.2, 0.25) is 0 Å². The van der Waals surface area contributed by atoms with E-state index in [1.54, 1.807) is 11.8 Å². The molecule has 96 valence electrons. The second-order valence-corrected chi connectivity index (χ2v) is 5.18. The number of hydrogen-bond donors (Lipinski definition) is 2. The van der Waals surface area contributed by atoms with Crippen molar-refractivity contribution in [3.05, 3.63) is 16.4 Å². The maximum Gasteiger partial charge on any atom is 0.253 e. The van der Waals surface area contributed by atoms with E-state index < -0.39 is 0 Å². The van der Waals surface area contributed by atoms with Gasteiger partial charge in [-0.15, -0.1) is 0 Å². The molecule has 0 spiro atoms. The van der Waals surface area contributed by atoms with Crippen LogP contribution in [0.2, 0.25) is 0 Å². The number of nitrogens with two attached hydrogens (primary N) is 1. The summed E-state index contributed by atoms with van der Waals surface area (Å²) in [6.45, 7) is 2.22. The van der Waals surface area contributed by atoms with Gasteiger partial charge >= 0.3 is 0 Å². The molecule has 0 atom stereocenters. The molecular formula is C12H21N3OS. The highest BCUT2D eigenvalue weighted by atomic mass is 32.2. The van der Waals surface area contributed by atoms with E-state index in [1.807, 2.05) is 0 Å². The number of anilines is 1. The van der Waals surface area contributed by atoms with E-state index in [0.717, 1.165) is 12.2 Å². The fourth-order valence-corrected chi connectivity index (χ4v) is 2.46. The van der Waals surface area contributed by atoms with Crippen LogP contribution in [0.25, 0.3) is 0 Å². The lowest BCUT2D eigenvalue weighted by Crippen LogP contribution is -2.09. The van der Waals surface area contributed by atoms with Crippen molar-refractivity contribution in [1.82, 2.24) is 9.97 Å². The van der Waals surface area contributed by atoms with Gasteiger partial charge in [-0.25, -0.2) is 4.98 Å². The zero-order valence-corrected chi connectivity index (χ0v) is 11.2. The summed E-state index contributed by atoms with van der Waals surface area (Å²) in [5.74, 6) is 1.28. The highest BCUT2D eigenvalue weighted by Gasteiger charge is 1.99. The van der Waals surface area contributed by atoms with Crippen LogP contribution < -0.4 is 11.3 Å². The van der Waals surface area contributed by atoms with E-state index in [9.17, 15) is 4.79 Å². The minimum atomic E-state index is -0.178. The first-order chi connectivity index (χ1) is 8.22. The molecule has 1 rings (SSSR count). The predicted molar refractivity (Wildman–Crippen MR) is 73.4 cm³/mol. The molecule has 0 radical (unpaired) electrons. The van der Waals surface area contributed by atoms with Crippen LogP contribution in [0, 0.1) is 0 Å². The van der Waals surface area contributed by atoms with Crippen molar-refractivity contribution in [3.63, 3.8) is 0 Å². The first-order valence-electron chi connectivity index (χ1n) is 6.22. The summed E-state index contributed by atoms with van der Waals surface area (Å²) < 4.78 is 0. The summed E-state index contributed by atoms with van der Waals surface area (Å²) in [6, 6.07) is 1.30. The Labute approximate surface area is 106 Å². The van der Waals surface area contributed by atoms with Crippen molar-refractivity contribution in [3.8, 4) is 0 Å². The number of thioether (sulfide) groups is 1. The van der Waals surface area contributed by atoms with Crippen LogP contribution in [0.1, 0.15) is 45.4 Å². The Morgan fingerprint density at radius 2 is 2.00 bits per heavy atom. The average Bonchev–Trinajstić information content (AvgIpc) is 2.26.